The Morgan fingerprint density at radius 2 is 2.12 bits per heavy atom. The molecule has 1 amide bonds. The molecule has 1 aromatic rings. The number of carboxylic acids is 1. The van der Waals surface area contributed by atoms with Gasteiger partial charge in [0.1, 0.15) is 5.82 Å². The molecule has 0 aliphatic heterocycles. The fourth-order valence-corrected chi connectivity index (χ4v) is 1.18. The summed E-state index contributed by atoms with van der Waals surface area (Å²) in [7, 11) is 0. The highest BCUT2D eigenvalue weighted by Gasteiger charge is 2.10. The van der Waals surface area contributed by atoms with E-state index in [1.54, 1.807) is 13.8 Å². The summed E-state index contributed by atoms with van der Waals surface area (Å²) in [5.74, 6) is -0.699. The molecule has 1 aromatic heterocycles. The number of carbonyl (C=O) groups is 2. The van der Waals surface area contributed by atoms with Crippen LogP contribution >= 0.6 is 0 Å². The third kappa shape index (κ3) is 3.30. The van der Waals surface area contributed by atoms with Crippen LogP contribution in [0.2, 0.25) is 0 Å². The maximum Gasteiger partial charge on any atom is 0.305 e. The Labute approximate surface area is 92.7 Å². The van der Waals surface area contributed by atoms with Crippen molar-refractivity contribution in [2.24, 2.45) is 0 Å². The lowest BCUT2D eigenvalue weighted by Gasteiger charge is -2.05. The van der Waals surface area contributed by atoms with Crippen molar-refractivity contribution in [3.05, 3.63) is 23.3 Å². The predicted molar refractivity (Wildman–Crippen MR) is 56.1 cm³/mol. The van der Waals surface area contributed by atoms with Gasteiger partial charge < -0.3 is 10.4 Å². The summed E-state index contributed by atoms with van der Waals surface area (Å²) in [4.78, 5) is 29.8. The van der Waals surface area contributed by atoms with Crippen LogP contribution < -0.4 is 5.32 Å². The number of aromatic nitrogens is 2. The summed E-state index contributed by atoms with van der Waals surface area (Å²) < 4.78 is 0. The summed E-state index contributed by atoms with van der Waals surface area (Å²) in [5, 5.41) is 10.9. The summed E-state index contributed by atoms with van der Waals surface area (Å²) >= 11 is 0. The van der Waals surface area contributed by atoms with E-state index in [1.165, 1.54) is 6.20 Å². The van der Waals surface area contributed by atoms with E-state index in [0.29, 0.717) is 17.1 Å². The minimum atomic E-state index is -0.947. The molecular weight excluding hydrogens is 210 g/mol. The first kappa shape index (κ1) is 12.1. The Kier molecular flexibility index (Phi) is 3.93. The van der Waals surface area contributed by atoms with Crippen LogP contribution in [0, 0.1) is 13.8 Å². The molecule has 1 heterocycles. The molecule has 0 fully saturated rings. The molecule has 0 aliphatic rings. The van der Waals surface area contributed by atoms with Crippen molar-refractivity contribution in [3.63, 3.8) is 0 Å². The van der Waals surface area contributed by atoms with Crippen LogP contribution in [-0.4, -0.2) is 33.5 Å². The van der Waals surface area contributed by atoms with Crippen molar-refractivity contribution >= 4 is 11.9 Å². The number of nitrogens with one attached hydrogen (secondary N) is 1. The second kappa shape index (κ2) is 5.20. The van der Waals surface area contributed by atoms with Crippen LogP contribution in [-0.2, 0) is 4.79 Å². The lowest BCUT2D eigenvalue weighted by atomic mass is 10.2. The Morgan fingerprint density at radius 3 is 2.69 bits per heavy atom. The van der Waals surface area contributed by atoms with Crippen molar-refractivity contribution in [1.82, 2.24) is 15.3 Å². The minimum absolute atomic E-state index is 0.0987. The Hall–Kier alpha value is -1.98. The zero-order valence-corrected chi connectivity index (χ0v) is 9.15. The van der Waals surface area contributed by atoms with Crippen LogP contribution in [0.4, 0.5) is 0 Å². The van der Waals surface area contributed by atoms with Gasteiger partial charge in [-0.05, 0) is 13.8 Å². The molecule has 0 spiro atoms. The molecule has 86 valence electrons. The number of amides is 1. The zero-order valence-electron chi connectivity index (χ0n) is 9.15. The third-order valence-corrected chi connectivity index (χ3v) is 1.97. The van der Waals surface area contributed by atoms with E-state index in [4.69, 9.17) is 5.11 Å². The average molecular weight is 223 g/mol. The van der Waals surface area contributed by atoms with Gasteiger partial charge in [-0.2, -0.15) is 0 Å². The maximum absolute atomic E-state index is 11.6. The van der Waals surface area contributed by atoms with Gasteiger partial charge in [0.05, 0.1) is 17.7 Å². The molecule has 2 N–H and O–H groups in total. The van der Waals surface area contributed by atoms with E-state index in [-0.39, 0.29) is 18.9 Å². The lowest BCUT2D eigenvalue weighted by Crippen LogP contribution is -2.27. The van der Waals surface area contributed by atoms with Gasteiger partial charge in [-0.15, -0.1) is 0 Å². The molecule has 0 saturated heterocycles. The van der Waals surface area contributed by atoms with Crippen LogP contribution in [0.5, 0.6) is 0 Å². The monoisotopic (exact) mass is 223 g/mol. The number of carbonyl (C=O) groups excluding carboxylic acids is 1. The number of hydrogen-bond donors (Lipinski definition) is 2. The average Bonchev–Trinajstić information content (AvgIpc) is 2.16. The van der Waals surface area contributed by atoms with Gasteiger partial charge in [0, 0.05) is 12.7 Å². The fraction of sp³-hybridized carbons (Fsp3) is 0.400. The van der Waals surface area contributed by atoms with E-state index in [0.717, 1.165) is 0 Å². The molecule has 0 aliphatic carbocycles. The first-order chi connectivity index (χ1) is 7.50. The zero-order chi connectivity index (χ0) is 12.1. The quantitative estimate of drug-likeness (QED) is 0.765. The van der Waals surface area contributed by atoms with Crippen LogP contribution in [0.25, 0.3) is 0 Å². The number of aliphatic carboxylic acids is 1. The van der Waals surface area contributed by atoms with Crippen molar-refractivity contribution in [3.8, 4) is 0 Å². The van der Waals surface area contributed by atoms with Crippen LogP contribution in [0.1, 0.15) is 28.3 Å². The molecule has 0 unspecified atom stereocenters. The molecule has 16 heavy (non-hydrogen) atoms. The minimum Gasteiger partial charge on any atom is -0.481 e. The van der Waals surface area contributed by atoms with E-state index in [9.17, 15) is 9.59 Å². The molecule has 6 nitrogen and oxygen atoms in total. The third-order valence-electron chi connectivity index (χ3n) is 1.97. The smallest absolute Gasteiger partial charge is 0.305 e. The predicted octanol–water partition coefficient (Wildman–Crippen LogP) is 0.298. The van der Waals surface area contributed by atoms with Crippen LogP contribution in [0.3, 0.4) is 0 Å². The Bertz CT molecular complexity index is 418. The first-order valence-electron chi connectivity index (χ1n) is 4.81. The molecule has 6 heteroatoms. The summed E-state index contributed by atoms with van der Waals surface area (Å²) in [6.07, 6.45) is 1.34. The second-order valence-electron chi connectivity index (χ2n) is 3.32. The largest absolute Gasteiger partial charge is 0.481 e. The molecule has 0 atom stereocenters. The highest BCUT2D eigenvalue weighted by molar-refractivity contribution is 5.95. The van der Waals surface area contributed by atoms with E-state index in [2.05, 4.69) is 15.3 Å². The van der Waals surface area contributed by atoms with E-state index < -0.39 is 5.97 Å². The van der Waals surface area contributed by atoms with Crippen molar-refractivity contribution in [2.45, 2.75) is 20.3 Å². The van der Waals surface area contributed by atoms with Gasteiger partial charge in [-0.3, -0.25) is 9.59 Å². The van der Waals surface area contributed by atoms with Gasteiger partial charge in [0.2, 0.25) is 0 Å². The standard InChI is InChI=1S/C10H13N3O3/c1-6-8(5-12-7(2)13-6)10(16)11-4-3-9(14)15/h5H,3-4H2,1-2H3,(H,11,16)(H,14,15). The Balaban J connectivity index is 2.63. The molecule has 0 saturated carbocycles. The van der Waals surface area contributed by atoms with E-state index in [1.807, 2.05) is 0 Å². The Morgan fingerprint density at radius 1 is 1.44 bits per heavy atom. The highest BCUT2D eigenvalue weighted by Crippen LogP contribution is 2.03. The fourth-order valence-electron chi connectivity index (χ4n) is 1.18. The lowest BCUT2D eigenvalue weighted by molar-refractivity contribution is -0.136. The van der Waals surface area contributed by atoms with Gasteiger partial charge in [0.25, 0.3) is 5.91 Å². The normalized spacial score (nSPS) is 9.88. The SMILES string of the molecule is Cc1ncc(C(=O)NCCC(=O)O)c(C)n1. The van der Waals surface area contributed by atoms with Gasteiger partial charge in [-0.25, -0.2) is 9.97 Å². The van der Waals surface area contributed by atoms with Gasteiger partial charge in [-0.1, -0.05) is 0 Å². The molecule has 1 rings (SSSR count). The summed E-state index contributed by atoms with van der Waals surface area (Å²) in [5.41, 5.74) is 0.955. The van der Waals surface area contributed by atoms with Gasteiger partial charge in [0.15, 0.2) is 0 Å². The van der Waals surface area contributed by atoms with Gasteiger partial charge >= 0.3 is 5.97 Å². The molecular formula is C10H13N3O3. The molecule has 0 radical (unpaired) electrons. The maximum atomic E-state index is 11.6. The van der Waals surface area contributed by atoms with Crippen molar-refractivity contribution in [2.75, 3.05) is 6.54 Å². The van der Waals surface area contributed by atoms with E-state index >= 15 is 0 Å². The first-order valence-corrected chi connectivity index (χ1v) is 4.81. The van der Waals surface area contributed by atoms with Crippen molar-refractivity contribution in [1.29, 1.82) is 0 Å². The number of rotatable bonds is 4. The number of aryl methyl sites for hydroxylation is 2. The number of carboxylic acid groups (broad SMARTS) is 1. The topological polar surface area (TPSA) is 92.2 Å². The highest BCUT2D eigenvalue weighted by atomic mass is 16.4. The summed E-state index contributed by atoms with van der Waals surface area (Å²) in [6, 6.07) is 0. The number of nitrogens with zero attached hydrogens (tertiary/aromatic N) is 2. The number of hydrogen-bond acceptors (Lipinski definition) is 4. The second-order valence-corrected chi connectivity index (χ2v) is 3.32. The van der Waals surface area contributed by atoms with Crippen LogP contribution in [0.15, 0.2) is 6.20 Å². The summed E-state index contributed by atoms with van der Waals surface area (Å²) in [6.45, 7) is 3.54. The molecule has 0 aromatic carbocycles. The molecule has 0 bridgehead atoms. The van der Waals surface area contributed by atoms with Crippen molar-refractivity contribution < 1.29 is 14.7 Å².